The summed E-state index contributed by atoms with van der Waals surface area (Å²) >= 11 is 0. The highest BCUT2D eigenvalue weighted by Crippen LogP contribution is 1.97. The van der Waals surface area contributed by atoms with Crippen LogP contribution in [0.3, 0.4) is 0 Å². The van der Waals surface area contributed by atoms with E-state index in [0.717, 1.165) is 6.42 Å². The number of hydrogen-bond acceptors (Lipinski definition) is 5. The molecule has 94 valence electrons. The molecule has 0 rings (SSSR count). The zero-order valence-corrected chi connectivity index (χ0v) is 9.18. The largest absolute Gasteiger partial charge is 0.412 e. The molecule has 1 unspecified atom stereocenters. The lowest BCUT2D eigenvalue weighted by Crippen LogP contribution is -2.28. The molecule has 0 heterocycles. The van der Waals surface area contributed by atoms with Gasteiger partial charge in [0.25, 0.3) is 0 Å². The van der Waals surface area contributed by atoms with E-state index in [1.54, 1.807) is 0 Å². The number of aliphatic hydroxyl groups is 2. The van der Waals surface area contributed by atoms with Gasteiger partial charge in [0.1, 0.15) is 0 Å². The van der Waals surface area contributed by atoms with Gasteiger partial charge < -0.3 is 20.4 Å². The van der Waals surface area contributed by atoms with Gasteiger partial charge in [-0.3, -0.25) is 4.79 Å². The molecule has 0 aliphatic carbocycles. The first-order valence-electron chi connectivity index (χ1n) is 4.80. The van der Waals surface area contributed by atoms with E-state index in [-0.39, 0.29) is 11.9 Å². The lowest BCUT2D eigenvalue weighted by atomic mass is 10.3. The van der Waals surface area contributed by atoms with Gasteiger partial charge in [0, 0.05) is 6.42 Å². The third kappa shape index (κ3) is 8.10. The van der Waals surface area contributed by atoms with Gasteiger partial charge in [-0.25, -0.2) is 4.79 Å². The zero-order chi connectivity index (χ0) is 11.7. The van der Waals surface area contributed by atoms with Crippen molar-refractivity contribution in [2.75, 3.05) is 6.61 Å². The third-order valence-corrected chi connectivity index (χ3v) is 1.58. The van der Waals surface area contributed by atoms with Gasteiger partial charge in [-0.05, 0) is 12.8 Å². The number of aliphatic hydroxyl groups excluding tert-OH is 2. The van der Waals surface area contributed by atoms with Crippen molar-refractivity contribution in [3.05, 3.63) is 12.2 Å². The summed E-state index contributed by atoms with van der Waals surface area (Å²) in [7, 11) is 0. The summed E-state index contributed by atoms with van der Waals surface area (Å²) in [5.41, 5.74) is 0. The molecule has 0 aromatic heterocycles. The first kappa shape index (κ1) is 17.2. The number of carbonyl (C=O) groups is 2. The van der Waals surface area contributed by atoms with Crippen LogP contribution in [0, 0.1) is 0 Å². The van der Waals surface area contributed by atoms with Gasteiger partial charge in [0.05, 0.1) is 6.61 Å². The van der Waals surface area contributed by atoms with Gasteiger partial charge in [-0.15, -0.1) is 0 Å². The number of allylic oxidation sites excluding steroid dienone is 2. The summed E-state index contributed by atoms with van der Waals surface area (Å²) in [5.74, 6) is -1.81. The van der Waals surface area contributed by atoms with Crippen LogP contribution in [0.15, 0.2) is 12.2 Å². The van der Waals surface area contributed by atoms with E-state index >= 15 is 0 Å². The Morgan fingerprint density at radius 3 is 2.50 bits per heavy atom. The zero-order valence-electron chi connectivity index (χ0n) is 9.18. The topological polar surface area (TPSA) is 115 Å². The molecular weight excluding hydrogens is 216 g/mol. The molecule has 4 N–H and O–H groups in total. The minimum atomic E-state index is -1.64. The Morgan fingerprint density at radius 1 is 1.38 bits per heavy atom. The molecule has 0 fully saturated rings. The minimum absolute atomic E-state index is 0. The van der Waals surface area contributed by atoms with Crippen LogP contribution in [-0.2, 0) is 14.3 Å². The van der Waals surface area contributed by atoms with Crippen LogP contribution in [0.5, 0.6) is 0 Å². The summed E-state index contributed by atoms with van der Waals surface area (Å²) < 4.78 is 4.26. The van der Waals surface area contributed by atoms with Crippen LogP contribution in [0.2, 0.25) is 0 Å². The summed E-state index contributed by atoms with van der Waals surface area (Å²) in [6.45, 7) is 1.22. The Bertz CT molecular complexity index is 235. The average molecular weight is 234 g/mol. The molecule has 0 aromatic rings. The molecule has 0 radical (unpaired) electrons. The van der Waals surface area contributed by atoms with Crippen molar-refractivity contribution in [1.29, 1.82) is 0 Å². The first-order valence-corrected chi connectivity index (χ1v) is 4.80. The molecule has 0 amide bonds. The van der Waals surface area contributed by atoms with Crippen molar-refractivity contribution < 1.29 is 30.0 Å². The summed E-state index contributed by atoms with van der Waals surface area (Å²) in [4.78, 5) is 21.8. The minimum Gasteiger partial charge on any atom is -0.412 e. The van der Waals surface area contributed by atoms with Gasteiger partial charge in [-0.2, -0.15) is 0 Å². The highest BCUT2D eigenvalue weighted by atomic mass is 16.6. The maximum Gasteiger partial charge on any atom is 0.345 e. The van der Waals surface area contributed by atoms with Crippen LogP contribution in [0.4, 0.5) is 0 Å². The van der Waals surface area contributed by atoms with Crippen LogP contribution >= 0.6 is 0 Å². The molecule has 1 atom stereocenters. The number of ether oxygens (including phenoxy) is 1. The fourth-order valence-corrected chi connectivity index (χ4v) is 0.791. The van der Waals surface area contributed by atoms with E-state index in [9.17, 15) is 9.59 Å². The van der Waals surface area contributed by atoms with Gasteiger partial charge in [0.15, 0.2) is 6.10 Å². The van der Waals surface area contributed by atoms with E-state index in [2.05, 4.69) is 4.74 Å². The molecule has 0 aromatic carbocycles. The molecule has 0 saturated heterocycles. The Balaban J connectivity index is 0. The van der Waals surface area contributed by atoms with E-state index in [1.165, 1.54) is 0 Å². The fraction of sp³-hybridized carbons (Fsp3) is 0.600. The van der Waals surface area contributed by atoms with Gasteiger partial charge in [-0.1, -0.05) is 19.1 Å². The Morgan fingerprint density at radius 2 is 2.00 bits per heavy atom. The predicted molar refractivity (Wildman–Crippen MR) is 56.5 cm³/mol. The molecule has 0 saturated carbocycles. The molecule has 0 aliphatic rings. The second kappa shape index (κ2) is 10.3. The average Bonchev–Trinajstić information content (AvgIpc) is 2.23. The number of hydrogen-bond donors (Lipinski definition) is 2. The Hall–Kier alpha value is -1.24. The van der Waals surface area contributed by atoms with Gasteiger partial charge in [0.2, 0.25) is 0 Å². The van der Waals surface area contributed by atoms with Crippen molar-refractivity contribution in [3.8, 4) is 0 Å². The summed E-state index contributed by atoms with van der Waals surface area (Å²) in [6, 6.07) is 0. The van der Waals surface area contributed by atoms with Crippen LogP contribution in [0.25, 0.3) is 0 Å². The van der Waals surface area contributed by atoms with Gasteiger partial charge >= 0.3 is 11.9 Å². The van der Waals surface area contributed by atoms with Crippen molar-refractivity contribution >= 4 is 11.9 Å². The SMILES string of the molecule is CCC=CCCC(=O)OC(=O)C(O)CO.O. The predicted octanol–water partition coefficient (Wildman–Crippen LogP) is -0.669. The molecule has 6 nitrogen and oxygen atoms in total. The fourth-order valence-electron chi connectivity index (χ4n) is 0.791. The maximum atomic E-state index is 11.0. The molecule has 0 aliphatic heterocycles. The van der Waals surface area contributed by atoms with Crippen LogP contribution < -0.4 is 0 Å². The van der Waals surface area contributed by atoms with E-state index in [4.69, 9.17) is 10.2 Å². The quantitative estimate of drug-likeness (QED) is 0.359. The second-order valence-electron chi connectivity index (χ2n) is 2.91. The van der Waals surface area contributed by atoms with E-state index in [1.807, 2.05) is 19.1 Å². The van der Waals surface area contributed by atoms with Crippen molar-refractivity contribution in [3.63, 3.8) is 0 Å². The number of carbonyl (C=O) groups excluding carboxylic acids is 2. The molecule has 6 heteroatoms. The number of rotatable bonds is 6. The highest BCUT2D eigenvalue weighted by Gasteiger charge is 2.18. The molecular formula is C10H18O6. The monoisotopic (exact) mass is 234 g/mol. The first-order chi connectivity index (χ1) is 7.11. The van der Waals surface area contributed by atoms with E-state index in [0.29, 0.717) is 6.42 Å². The Kier molecular flexibility index (Phi) is 11.0. The normalized spacial score (nSPS) is 11.9. The number of esters is 2. The molecule has 16 heavy (non-hydrogen) atoms. The van der Waals surface area contributed by atoms with Crippen LogP contribution in [-0.4, -0.2) is 40.3 Å². The Labute approximate surface area is 93.8 Å². The van der Waals surface area contributed by atoms with Crippen molar-refractivity contribution in [1.82, 2.24) is 0 Å². The van der Waals surface area contributed by atoms with Crippen molar-refractivity contribution in [2.45, 2.75) is 32.3 Å². The third-order valence-electron chi connectivity index (χ3n) is 1.58. The van der Waals surface area contributed by atoms with Crippen molar-refractivity contribution in [2.24, 2.45) is 0 Å². The summed E-state index contributed by atoms with van der Waals surface area (Å²) in [6.07, 6.45) is 3.54. The standard InChI is InChI=1S/C10H16O5.H2O/c1-2-3-4-5-6-9(13)15-10(14)8(12)7-11;/h3-4,8,11-12H,2,5-7H2,1H3;1H2. The summed E-state index contributed by atoms with van der Waals surface area (Å²) in [5, 5.41) is 17.2. The molecule has 0 spiro atoms. The van der Waals surface area contributed by atoms with E-state index < -0.39 is 24.6 Å². The lowest BCUT2D eigenvalue weighted by molar-refractivity contribution is -0.167. The highest BCUT2D eigenvalue weighted by molar-refractivity contribution is 5.87. The smallest absolute Gasteiger partial charge is 0.345 e. The van der Waals surface area contributed by atoms with Crippen LogP contribution in [0.1, 0.15) is 26.2 Å². The molecule has 0 bridgehead atoms. The maximum absolute atomic E-state index is 11.0. The second-order valence-corrected chi connectivity index (χ2v) is 2.91. The lowest BCUT2D eigenvalue weighted by Gasteiger charge is -2.05.